The van der Waals surface area contributed by atoms with Crippen molar-refractivity contribution in [2.75, 3.05) is 0 Å². The molecule has 1 aliphatic carbocycles. The van der Waals surface area contributed by atoms with Crippen molar-refractivity contribution < 1.29 is 0 Å². The normalized spacial score (nSPS) is 15.2. The van der Waals surface area contributed by atoms with Crippen molar-refractivity contribution >= 4 is 5.57 Å². The summed E-state index contributed by atoms with van der Waals surface area (Å²) in [6.07, 6.45) is 5.39. The molecular weight excluding hydrogens is 324 g/mol. The Morgan fingerprint density at radius 3 is 2.11 bits per heavy atom. The number of hydrogen-bond acceptors (Lipinski definition) is 0. The molecule has 1 unspecified atom stereocenters. The first-order chi connectivity index (χ1) is 12.8. The first-order valence-electron chi connectivity index (χ1n) is 9.67. The third-order valence-corrected chi connectivity index (χ3v) is 5.51. The van der Waals surface area contributed by atoms with Gasteiger partial charge in [0.15, 0.2) is 0 Å². The number of aryl methyl sites for hydroxylation is 3. The lowest BCUT2D eigenvalue weighted by molar-refractivity contribution is 0.911. The van der Waals surface area contributed by atoms with E-state index in [2.05, 4.69) is 96.3 Å². The molecule has 1 atom stereocenters. The predicted molar refractivity (Wildman–Crippen MR) is 119 cm³/mol. The highest BCUT2D eigenvalue weighted by molar-refractivity contribution is 5.69. The van der Waals surface area contributed by atoms with Crippen LogP contribution in [0.25, 0.3) is 5.57 Å². The van der Waals surface area contributed by atoms with Crippen LogP contribution in [0.1, 0.15) is 59.6 Å². The minimum absolute atomic E-state index is 0.210. The van der Waals surface area contributed by atoms with Gasteiger partial charge in [-0.25, -0.2) is 0 Å². The summed E-state index contributed by atoms with van der Waals surface area (Å²) in [5.41, 5.74) is 13.0. The van der Waals surface area contributed by atoms with E-state index < -0.39 is 0 Å². The standard InChI is InChI=1S/C27H30/c1-17(2)26-16-20(5)10-13-25(26)27(23-11-8-18(3)14-21(23)6)24-12-9-19(4)15-22(24)7/h8-13,15-16,27H,1,3,14H2,2,4-7H3. The van der Waals surface area contributed by atoms with Crippen molar-refractivity contribution in [2.45, 2.75) is 47.0 Å². The van der Waals surface area contributed by atoms with Crippen molar-refractivity contribution in [2.24, 2.45) is 0 Å². The van der Waals surface area contributed by atoms with Crippen molar-refractivity contribution in [1.29, 1.82) is 0 Å². The molecule has 2 aromatic carbocycles. The minimum Gasteiger partial charge on any atom is -0.0955 e. The molecule has 0 saturated heterocycles. The van der Waals surface area contributed by atoms with Crippen LogP contribution in [0.2, 0.25) is 0 Å². The van der Waals surface area contributed by atoms with E-state index in [1.807, 2.05) is 0 Å². The lowest BCUT2D eigenvalue weighted by atomic mass is 9.75. The number of benzene rings is 2. The molecule has 2 aromatic rings. The molecule has 0 amide bonds. The maximum absolute atomic E-state index is 4.27. The number of allylic oxidation sites excluding steroid dienone is 6. The van der Waals surface area contributed by atoms with E-state index in [0.717, 1.165) is 12.0 Å². The molecule has 0 fully saturated rings. The van der Waals surface area contributed by atoms with Gasteiger partial charge < -0.3 is 0 Å². The molecule has 0 N–H and O–H groups in total. The van der Waals surface area contributed by atoms with E-state index in [-0.39, 0.29) is 5.92 Å². The Morgan fingerprint density at radius 1 is 0.889 bits per heavy atom. The molecule has 0 heterocycles. The molecule has 0 heteroatoms. The van der Waals surface area contributed by atoms with Gasteiger partial charge in [0.1, 0.15) is 0 Å². The van der Waals surface area contributed by atoms with E-state index in [9.17, 15) is 0 Å². The van der Waals surface area contributed by atoms with Gasteiger partial charge in [-0.2, -0.15) is 0 Å². The quantitative estimate of drug-likeness (QED) is 0.530. The molecule has 0 radical (unpaired) electrons. The molecule has 0 spiro atoms. The fourth-order valence-electron chi connectivity index (χ4n) is 4.14. The fraction of sp³-hybridized carbons (Fsp3) is 0.259. The lowest BCUT2D eigenvalue weighted by Gasteiger charge is -2.28. The van der Waals surface area contributed by atoms with E-state index in [1.54, 1.807) is 0 Å². The highest BCUT2D eigenvalue weighted by Gasteiger charge is 2.25. The predicted octanol–water partition coefficient (Wildman–Crippen LogP) is 7.61. The third-order valence-electron chi connectivity index (χ3n) is 5.51. The SMILES string of the molecule is C=C1C=CC(C(c2ccc(C)cc2C)c2ccc(C)cc2C(=C)C)=C(C)C1. The second-order valence-corrected chi connectivity index (χ2v) is 8.07. The van der Waals surface area contributed by atoms with E-state index in [0.29, 0.717) is 0 Å². The zero-order chi connectivity index (χ0) is 19.7. The van der Waals surface area contributed by atoms with Gasteiger partial charge in [0.2, 0.25) is 0 Å². The molecular formula is C27H30. The van der Waals surface area contributed by atoms with E-state index in [4.69, 9.17) is 0 Å². The Hall–Kier alpha value is -2.60. The molecule has 138 valence electrons. The van der Waals surface area contributed by atoms with Gasteiger partial charge in [0.25, 0.3) is 0 Å². The fourth-order valence-corrected chi connectivity index (χ4v) is 4.14. The maximum atomic E-state index is 4.27. The topological polar surface area (TPSA) is 0 Å². The smallest absolute Gasteiger partial charge is 0.0348 e. The first-order valence-corrected chi connectivity index (χ1v) is 9.67. The van der Waals surface area contributed by atoms with Crippen LogP contribution >= 0.6 is 0 Å². The second kappa shape index (κ2) is 7.56. The van der Waals surface area contributed by atoms with Gasteiger partial charge in [0.05, 0.1) is 0 Å². The van der Waals surface area contributed by atoms with Gasteiger partial charge >= 0.3 is 0 Å². The van der Waals surface area contributed by atoms with Crippen LogP contribution in [0.3, 0.4) is 0 Å². The summed E-state index contributed by atoms with van der Waals surface area (Å²) in [4.78, 5) is 0. The maximum Gasteiger partial charge on any atom is 0.0348 e. The summed E-state index contributed by atoms with van der Waals surface area (Å²) in [5, 5.41) is 0. The van der Waals surface area contributed by atoms with Crippen molar-refractivity contribution in [3.63, 3.8) is 0 Å². The summed E-state index contributed by atoms with van der Waals surface area (Å²) in [5.74, 6) is 0.210. The Bertz CT molecular complexity index is 979. The molecule has 0 aromatic heterocycles. The Balaban J connectivity index is 2.30. The molecule has 1 aliphatic rings. The van der Waals surface area contributed by atoms with Crippen molar-refractivity contribution in [3.05, 3.63) is 112 Å². The van der Waals surface area contributed by atoms with Crippen LogP contribution in [0.5, 0.6) is 0 Å². The van der Waals surface area contributed by atoms with Crippen LogP contribution in [-0.2, 0) is 0 Å². The average molecular weight is 355 g/mol. The first kappa shape index (κ1) is 19.2. The van der Waals surface area contributed by atoms with Crippen molar-refractivity contribution in [1.82, 2.24) is 0 Å². The van der Waals surface area contributed by atoms with Crippen LogP contribution < -0.4 is 0 Å². The Labute approximate surface area is 164 Å². The van der Waals surface area contributed by atoms with E-state index >= 15 is 0 Å². The van der Waals surface area contributed by atoms with Gasteiger partial charge in [-0.15, -0.1) is 0 Å². The molecule has 27 heavy (non-hydrogen) atoms. The van der Waals surface area contributed by atoms with Gasteiger partial charge in [0, 0.05) is 5.92 Å². The second-order valence-electron chi connectivity index (χ2n) is 8.07. The highest BCUT2D eigenvalue weighted by atomic mass is 14.3. The van der Waals surface area contributed by atoms with Crippen LogP contribution in [-0.4, -0.2) is 0 Å². The van der Waals surface area contributed by atoms with Crippen LogP contribution in [0.4, 0.5) is 0 Å². The summed E-state index contributed by atoms with van der Waals surface area (Å²) < 4.78 is 0. The Kier molecular flexibility index (Phi) is 5.37. The average Bonchev–Trinajstić information content (AvgIpc) is 2.59. The lowest BCUT2D eigenvalue weighted by Crippen LogP contribution is -2.11. The molecule has 0 saturated carbocycles. The monoisotopic (exact) mass is 354 g/mol. The molecule has 3 rings (SSSR count). The number of rotatable bonds is 4. The largest absolute Gasteiger partial charge is 0.0955 e. The van der Waals surface area contributed by atoms with Crippen LogP contribution in [0.15, 0.2) is 78.4 Å². The molecule has 0 nitrogen and oxygen atoms in total. The highest BCUT2D eigenvalue weighted by Crippen LogP contribution is 2.42. The zero-order valence-electron chi connectivity index (χ0n) is 17.3. The van der Waals surface area contributed by atoms with Gasteiger partial charge in [-0.3, -0.25) is 0 Å². The van der Waals surface area contributed by atoms with Crippen molar-refractivity contribution in [3.8, 4) is 0 Å². The van der Waals surface area contributed by atoms with Crippen LogP contribution in [0, 0.1) is 20.8 Å². The minimum atomic E-state index is 0.210. The zero-order valence-corrected chi connectivity index (χ0v) is 17.3. The Morgan fingerprint density at radius 2 is 1.52 bits per heavy atom. The molecule has 0 bridgehead atoms. The summed E-state index contributed by atoms with van der Waals surface area (Å²) >= 11 is 0. The van der Waals surface area contributed by atoms with Gasteiger partial charge in [-0.1, -0.05) is 89.6 Å². The van der Waals surface area contributed by atoms with Gasteiger partial charge in [-0.05, 0) is 68.9 Å². The van der Waals surface area contributed by atoms with E-state index in [1.165, 1.54) is 50.1 Å². The molecule has 0 aliphatic heterocycles. The number of hydrogen-bond donors (Lipinski definition) is 0. The third kappa shape index (κ3) is 3.90. The summed E-state index contributed by atoms with van der Waals surface area (Å²) in [6.45, 7) is 19.3. The summed E-state index contributed by atoms with van der Waals surface area (Å²) in [6, 6.07) is 13.6. The summed E-state index contributed by atoms with van der Waals surface area (Å²) in [7, 11) is 0.